The van der Waals surface area contributed by atoms with Crippen LogP contribution >= 0.6 is 0 Å². The zero-order chi connectivity index (χ0) is 11.4. The molecule has 1 aliphatic rings. The van der Waals surface area contributed by atoms with Crippen LogP contribution in [-0.2, 0) is 4.79 Å². The SMILES string of the molecule is NC(=O)CCN1CCCOc2ccccc21. The first kappa shape index (κ1) is 10.8. The van der Waals surface area contributed by atoms with E-state index in [0.717, 1.165) is 31.0 Å². The van der Waals surface area contributed by atoms with E-state index >= 15 is 0 Å². The Morgan fingerprint density at radius 1 is 1.44 bits per heavy atom. The van der Waals surface area contributed by atoms with Gasteiger partial charge in [0.1, 0.15) is 5.75 Å². The van der Waals surface area contributed by atoms with E-state index in [2.05, 4.69) is 4.90 Å². The van der Waals surface area contributed by atoms with Gasteiger partial charge in [-0.3, -0.25) is 4.79 Å². The number of nitrogens with zero attached hydrogens (tertiary/aromatic N) is 1. The van der Waals surface area contributed by atoms with Gasteiger partial charge in [0.05, 0.1) is 12.3 Å². The summed E-state index contributed by atoms with van der Waals surface area (Å²) < 4.78 is 5.63. The Bertz CT molecular complexity index is 379. The molecular formula is C12H16N2O2. The Balaban J connectivity index is 2.15. The number of primary amides is 1. The quantitative estimate of drug-likeness (QED) is 0.831. The highest BCUT2D eigenvalue weighted by Gasteiger charge is 2.15. The van der Waals surface area contributed by atoms with Gasteiger partial charge in [-0.15, -0.1) is 0 Å². The molecule has 1 amide bonds. The van der Waals surface area contributed by atoms with Crippen LogP contribution in [0.5, 0.6) is 5.75 Å². The number of amides is 1. The van der Waals surface area contributed by atoms with Crippen molar-refractivity contribution in [3.8, 4) is 5.75 Å². The van der Waals surface area contributed by atoms with Crippen molar-refractivity contribution in [1.82, 2.24) is 0 Å². The molecule has 0 fully saturated rings. The van der Waals surface area contributed by atoms with E-state index in [0.29, 0.717) is 13.0 Å². The van der Waals surface area contributed by atoms with Crippen molar-refractivity contribution in [2.45, 2.75) is 12.8 Å². The summed E-state index contributed by atoms with van der Waals surface area (Å²) in [6, 6.07) is 7.90. The lowest BCUT2D eigenvalue weighted by atomic mass is 10.2. The van der Waals surface area contributed by atoms with Gasteiger partial charge in [-0.05, 0) is 18.6 Å². The lowest BCUT2D eigenvalue weighted by Gasteiger charge is -2.22. The van der Waals surface area contributed by atoms with Gasteiger partial charge in [-0.25, -0.2) is 0 Å². The molecule has 0 atom stereocenters. The van der Waals surface area contributed by atoms with E-state index in [1.54, 1.807) is 0 Å². The Morgan fingerprint density at radius 3 is 3.06 bits per heavy atom. The highest BCUT2D eigenvalue weighted by atomic mass is 16.5. The van der Waals surface area contributed by atoms with Gasteiger partial charge in [-0.1, -0.05) is 12.1 Å². The van der Waals surface area contributed by atoms with Gasteiger partial charge >= 0.3 is 0 Å². The molecule has 0 saturated carbocycles. The number of anilines is 1. The second-order valence-corrected chi connectivity index (χ2v) is 3.87. The van der Waals surface area contributed by atoms with Gasteiger partial charge in [0.2, 0.25) is 5.91 Å². The average molecular weight is 220 g/mol. The first-order valence-corrected chi connectivity index (χ1v) is 5.52. The summed E-state index contributed by atoms with van der Waals surface area (Å²) in [6.45, 7) is 2.30. The van der Waals surface area contributed by atoms with Crippen molar-refractivity contribution < 1.29 is 9.53 Å². The molecule has 4 nitrogen and oxygen atoms in total. The van der Waals surface area contributed by atoms with E-state index in [9.17, 15) is 4.79 Å². The molecule has 0 radical (unpaired) electrons. The molecule has 1 heterocycles. The Kier molecular flexibility index (Phi) is 3.29. The van der Waals surface area contributed by atoms with Crippen LogP contribution in [0.25, 0.3) is 0 Å². The molecule has 0 aliphatic carbocycles. The van der Waals surface area contributed by atoms with Crippen LogP contribution in [0, 0.1) is 0 Å². The summed E-state index contributed by atoms with van der Waals surface area (Å²) in [6.07, 6.45) is 1.35. The predicted molar refractivity (Wildman–Crippen MR) is 62.6 cm³/mol. The highest BCUT2D eigenvalue weighted by Crippen LogP contribution is 2.30. The standard InChI is InChI=1S/C12H16N2O2/c13-12(15)6-8-14-7-3-9-16-11-5-2-1-4-10(11)14/h1-2,4-5H,3,6-9H2,(H2,13,15). The van der Waals surface area contributed by atoms with Crippen LogP contribution in [0.3, 0.4) is 0 Å². The molecule has 16 heavy (non-hydrogen) atoms. The van der Waals surface area contributed by atoms with E-state index in [1.807, 2.05) is 24.3 Å². The molecule has 4 heteroatoms. The van der Waals surface area contributed by atoms with Crippen LogP contribution in [0.15, 0.2) is 24.3 Å². The summed E-state index contributed by atoms with van der Waals surface area (Å²) in [5, 5.41) is 0. The zero-order valence-corrected chi connectivity index (χ0v) is 9.19. The molecular weight excluding hydrogens is 204 g/mol. The number of para-hydroxylation sites is 2. The van der Waals surface area contributed by atoms with E-state index in [-0.39, 0.29) is 5.91 Å². The number of rotatable bonds is 3. The minimum Gasteiger partial charge on any atom is -0.491 e. The first-order chi connectivity index (χ1) is 7.77. The second kappa shape index (κ2) is 4.88. The maximum absolute atomic E-state index is 10.8. The van der Waals surface area contributed by atoms with E-state index in [4.69, 9.17) is 10.5 Å². The predicted octanol–water partition coefficient (Wildman–Crippen LogP) is 1.15. The maximum Gasteiger partial charge on any atom is 0.219 e. The number of hydrogen-bond donors (Lipinski definition) is 1. The molecule has 1 aromatic carbocycles. The van der Waals surface area contributed by atoms with Crippen molar-refractivity contribution in [2.75, 3.05) is 24.6 Å². The van der Waals surface area contributed by atoms with Gasteiger partial charge in [0, 0.05) is 19.5 Å². The van der Waals surface area contributed by atoms with Crippen molar-refractivity contribution in [3.63, 3.8) is 0 Å². The van der Waals surface area contributed by atoms with Crippen LogP contribution in [0.4, 0.5) is 5.69 Å². The first-order valence-electron chi connectivity index (χ1n) is 5.52. The summed E-state index contributed by atoms with van der Waals surface area (Å²) in [7, 11) is 0. The fourth-order valence-electron chi connectivity index (χ4n) is 1.88. The van der Waals surface area contributed by atoms with E-state index in [1.165, 1.54) is 0 Å². The third kappa shape index (κ3) is 2.45. The van der Waals surface area contributed by atoms with Crippen molar-refractivity contribution in [2.24, 2.45) is 5.73 Å². The number of carbonyl (C=O) groups is 1. The highest BCUT2D eigenvalue weighted by molar-refractivity contribution is 5.74. The molecule has 86 valence electrons. The van der Waals surface area contributed by atoms with Gasteiger partial charge in [-0.2, -0.15) is 0 Å². The molecule has 2 rings (SSSR count). The summed E-state index contributed by atoms with van der Waals surface area (Å²) in [5.74, 6) is 0.632. The summed E-state index contributed by atoms with van der Waals surface area (Å²) in [5.41, 5.74) is 6.23. The summed E-state index contributed by atoms with van der Waals surface area (Å²) >= 11 is 0. The average Bonchev–Trinajstić information content (AvgIpc) is 2.48. The normalized spacial score (nSPS) is 14.9. The zero-order valence-electron chi connectivity index (χ0n) is 9.19. The smallest absolute Gasteiger partial charge is 0.219 e. The van der Waals surface area contributed by atoms with Gasteiger partial charge in [0.25, 0.3) is 0 Å². The van der Waals surface area contributed by atoms with Crippen molar-refractivity contribution in [1.29, 1.82) is 0 Å². The third-order valence-corrected chi connectivity index (χ3v) is 2.66. The fourth-order valence-corrected chi connectivity index (χ4v) is 1.88. The number of benzene rings is 1. The monoisotopic (exact) mass is 220 g/mol. The lowest BCUT2D eigenvalue weighted by Crippen LogP contribution is -2.28. The van der Waals surface area contributed by atoms with E-state index < -0.39 is 0 Å². The van der Waals surface area contributed by atoms with Crippen molar-refractivity contribution >= 4 is 11.6 Å². The number of carbonyl (C=O) groups excluding carboxylic acids is 1. The van der Waals surface area contributed by atoms with Gasteiger partial charge in [0.15, 0.2) is 0 Å². The van der Waals surface area contributed by atoms with Crippen LogP contribution < -0.4 is 15.4 Å². The molecule has 0 unspecified atom stereocenters. The Morgan fingerprint density at radius 2 is 2.25 bits per heavy atom. The Hall–Kier alpha value is -1.71. The number of ether oxygens (including phenoxy) is 1. The van der Waals surface area contributed by atoms with Crippen molar-refractivity contribution in [3.05, 3.63) is 24.3 Å². The number of nitrogens with two attached hydrogens (primary N) is 1. The molecule has 0 bridgehead atoms. The third-order valence-electron chi connectivity index (χ3n) is 2.66. The topological polar surface area (TPSA) is 55.6 Å². The molecule has 1 aromatic rings. The minimum absolute atomic E-state index is 0.261. The fraction of sp³-hybridized carbons (Fsp3) is 0.417. The van der Waals surface area contributed by atoms with Crippen LogP contribution in [0.1, 0.15) is 12.8 Å². The van der Waals surface area contributed by atoms with Gasteiger partial charge < -0.3 is 15.4 Å². The molecule has 0 aromatic heterocycles. The number of hydrogen-bond acceptors (Lipinski definition) is 3. The largest absolute Gasteiger partial charge is 0.491 e. The molecule has 0 spiro atoms. The summed E-state index contributed by atoms with van der Waals surface area (Å²) in [4.78, 5) is 13.0. The molecule has 1 aliphatic heterocycles. The Labute approximate surface area is 95.0 Å². The molecule has 2 N–H and O–H groups in total. The molecule has 0 saturated heterocycles. The minimum atomic E-state index is -0.261. The lowest BCUT2D eigenvalue weighted by molar-refractivity contribution is -0.117. The van der Waals surface area contributed by atoms with Crippen LogP contribution in [-0.4, -0.2) is 25.6 Å². The second-order valence-electron chi connectivity index (χ2n) is 3.87. The van der Waals surface area contributed by atoms with Crippen LogP contribution in [0.2, 0.25) is 0 Å². The number of fused-ring (bicyclic) bond motifs is 1. The maximum atomic E-state index is 10.8.